The van der Waals surface area contributed by atoms with Gasteiger partial charge in [-0.1, -0.05) is 48.5 Å². The van der Waals surface area contributed by atoms with Crippen molar-refractivity contribution < 1.29 is 14.7 Å². The minimum absolute atomic E-state index is 0.492. The van der Waals surface area contributed by atoms with Crippen molar-refractivity contribution in [3.63, 3.8) is 0 Å². The molecule has 0 saturated carbocycles. The zero-order chi connectivity index (χ0) is 12.1. The van der Waals surface area contributed by atoms with Crippen LogP contribution in [0.15, 0.2) is 54.6 Å². The van der Waals surface area contributed by atoms with Gasteiger partial charge in [-0.25, -0.2) is 0 Å². The highest BCUT2D eigenvalue weighted by atomic mass is 16.6. The standard InChI is InChI=1S/C13H13BO3/c15-14(16)17-13-9-5-4-8-12(13)10-11-6-2-1-3-7-11/h1-9,15-16H,10H2. The SMILES string of the molecule is OB(O)Oc1ccccc1Cc1ccccc1. The van der Waals surface area contributed by atoms with Gasteiger partial charge in [0, 0.05) is 6.42 Å². The second-order valence-electron chi connectivity index (χ2n) is 3.71. The first-order valence-corrected chi connectivity index (χ1v) is 5.40. The van der Waals surface area contributed by atoms with Gasteiger partial charge in [-0.3, -0.25) is 0 Å². The Hall–Kier alpha value is -1.78. The van der Waals surface area contributed by atoms with Crippen LogP contribution < -0.4 is 4.65 Å². The van der Waals surface area contributed by atoms with Crippen LogP contribution in [-0.2, 0) is 6.42 Å². The fraction of sp³-hybridized carbons (Fsp3) is 0.0769. The first-order valence-electron chi connectivity index (χ1n) is 5.40. The molecular weight excluding hydrogens is 215 g/mol. The number of rotatable bonds is 4. The summed E-state index contributed by atoms with van der Waals surface area (Å²) in [6, 6.07) is 17.3. The summed E-state index contributed by atoms with van der Waals surface area (Å²) in [4.78, 5) is 0. The maximum absolute atomic E-state index is 8.83. The molecule has 2 aromatic carbocycles. The largest absolute Gasteiger partial charge is 0.707 e. The summed E-state index contributed by atoms with van der Waals surface area (Å²) in [6.45, 7) is 0. The molecule has 0 aromatic heterocycles. The first-order chi connectivity index (χ1) is 8.25. The van der Waals surface area contributed by atoms with Gasteiger partial charge in [0.2, 0.25) is 0 Å². The number of hydrogen-bond acceptors (Lipinski definition) is 3. The molecule has 0 unspecified atom stereocenters. The monoisotopic (exact) mass is 228 g/mol. The molecule has 4 heteroatoms. The number of para-hydroxylation sites is 1. The molecule has 0 atom stereocenters. The van der Waals surface area contributed by atoms with E-state index in [0.717, 1.165) is 11.1 Å². The molecule has 0 saturated heterocycles. The van der Waals surface area contributed by atoms with E-state index in [9.17, 15) is 0 Å². The van der Waals surface area contributed by atoms with E-state index in [1.54, 1.807) is 12.1 Å². The topological polar surface area (TPSA) is 49.7 Å². The van der Waals surface area contributed by atoms with Crippen molar-refractivity contribution in [1.82, 2.24) is 0 Å². The quantitative estimate of drug-likeness (QED) is 0.782. The van der Waals surface area contributed by atoms with Crippen molar-refractivity contribution in [3.8, 4) is 5.75 Å². The van der Waals surface area contributed by atoms with E-state index in [2.05, 4.69) is 0 Å². The molecule has 0 fully saturated rings. The van der Waals surface area contributed by atoms with E-state index in [0.29, 0.717) is 12.2 Å². The normalized spacial score (nSPS) is 10.0. The van der Waals surface area contributed by atoms with Crippen molar-refractivity contribution in [2.75, 3.05) is 0 Å². The molecule has 2 rings (SSSR count). The van der Waals surface area contributed by atoms with Crippen LogP contribution in [0, 0.1) is 0 Å². The van der Waals surface area contributed by atoms with Gasteiger partial charge in [0.1, 0.15) is 5.75 Å². The van der Waals surface area contributed by atoms with Gasteiger partial charge in [-0.2, -0.15) is 0 Å². The van der Waals surface area contributed by atoms with E-state index in [-0.39, 0.29) is 0 Å². The second kappa shape index (κ2) is 5.52. The lowest BCUT2D eigenvalue weighted by Crippen LogP contribution is -2.21. The number of benzene rings is 2. The molecule has 86 valence electrons. The molecule has 0 aliphatic rings. The highest BCUT2D eigenvalue weighted by molar-refractivity contribution is 6.33. The lowest BCUT2D eigenvalue weighted by molar-refractivity contribution is 0.287. The summed E-state index contributed by atoms with van der Waals surface area (Å²) in [5.41, 5.74) is 2.07. The Bertz CT molecular complexity index is 471. The lowest BCUT2D eigenvalue weighted by Gasteiger charge is -2.10. The average Bonchev–Trinajstić information content (AvgIpc) is 2.32. The van der Waals surface area contributed by atoms with E-state index in [1.165, 1.54) is 0 Å². The molecule has 0 bridgehead atoms. The van der Waals surface area contributed by atoms with Gasteiger partial charge in [0.05, 0.1) is 0 Å². The third-order valence-electron chi connectivity index (χ3n) is 2.44. The van der Waals surface area contributed by atoms with Crippen LogP contribution in [-0.4, -0.2) is 17.4 Å². The molecule has 17 heavy (non-hydrogen) atoms. The predicted molar refractivity (Wildman–Crippen MR) is 66.5 cm³/mol. The van der Waals surface area contributed by atoms with Gasteiger partial charge >= 0.3 is 7.32 Å². The Morgan fingerprint density at radius 2 is 1.53 bits per heavy atom. The number of hydrogen-bond donors (Lipinski definition) is 2. The first kappa shape index (κ1) is 11.7. The van der Waals surface area contributed by atoms with Crippen LogP contribution >= 0.6 is 0 Å². The van der Waals surface area contributed by atoms with Crippen molar-refractivity contribution in [2.24, 2.45) is 0 Å². The van der Waals surface area contributed by atoms with Gasteiger partial charge in [-0.15, -0.1) is 0 Å². The van der Waals surface area contributed by atoms with Crippen molar-refractivity contribution in [3.05, 3.63) is 65.7 Å². The lowest BCUT2D eigenvalue weighted by atomic mass is 10.0. The van der Waals surface area contributed by atoms with Gasteiger partial charge < -0.3 is 14.7 Å². The second-order valence-corrected chi connectivity index (χ2v) is 3.71. The van der Waals surface area contributed by atoms with Crippen LogP contribution in [0.2, 0.25) is 0 Å². The van der Waals surface area contributed by atoms with Crippen molar-refractivity contribution in [1.29, 1.82) is 0 Å². The molecule has 0 spiro atoms. The minimum Gasteiger partial charge on any atom is -0.512 e. The van der Waals surface area contributed by atoms with Crippen LogP contribution in [0.3, 0.4) is 0 Å². The zero-order valence-corrected chi connectivity index (χ0v) is 9.28. The van der Waals surface area contributed by atoms with E-state index < -0.39 is 7.32 Å². The highest BCUT2D eigenvalue weighted by Gasteiger charge is 2.13. The maximum atomic E-state index is 8.83. The summed E-state index contributed by atoms with van der Waals surface area (Å²) in [7, 11) is -1.79. The van der Waals surface area contributed by atoms with E-state index >= 15 is 0 Å². The maximum Gasteiger partial charge on any atom is 0.707 e. The van der Waals surface area contributed by atoms with Crippen LogP contribution in [0.1, 0.15) is 11.1 Å². The molecule has 0 aliphatic heterocycles. The summed E-state index contributed by atoms with van der Waals surface area (Å²) in [5.74, 6) is 0.492. The van der Waals surface area contributed by atoms with Crippen molar-refractivity contribution in [2.45, 2.75) is 6.42 Å². The smallest absolute Gasteiger partial charge is 0.512 e. The van der Waals surface area contributed by atoms with Crippen LogP contribution in [0.25, 0.3) is 0 Å². The molecule has 2 aromatic rings. The van der Waals surface area contributed by atoms with E-state index in [4.69, 9.17) is 14.7 Å². The third-order valence-corrected chi connectivity index (χ3v) is 2.44. The van der Waals surface area contributed by atoms with Crippen LogP contribution in [0.5, 0.6) is 5.75 Å². The molecule has 0 heterocycles. The fourth-order valence-electron chi connectivity index (χ4n) is 1.69. The van der Waals surface area contributed by atoms with Gasteiger partial charge in [0.15, 0.2) is 0 Å². The van der Waals surface area contributed by atoms with Gasteiger partial charge in [0.25, 0.3) is 0 Å². The molecule has 3 nitrogen and oxygen atoms in total. The average molecular weight is 228 g/mol. The Labute approximate surface area is 100 Å². The van der Waals surface area contributed by atoms with Crippen LogP contribution in [0.4, 0.5) is 0 Å². The summed E-state index contributed by atoms with van der Waals surface area (Å²) < 4.78 is 4.93. The molecule has 0 amide bonds. The predicted octanol–water partition coefficient (Wildman–Crippen LogP) is 1.63. The molecule has 0 aliphatic carbocycles. The zero-order valence-electron chi connectivity index (χ0n) is 9.28. The minimum atomic E-state index is -1.79. The Morgan fingerprint density at radius 1 is 0.882 bits per heavy atom. The Morgan fingerprint density at radius 3 is 2.24 bits per heavy atom. The van der Waals surface area contributed by atoms with Crippen molar-refractivity contribution >= 4 is 7.32 Å². The Balaban J connectivity index is 2.20. The summed E-state index contributed by atoms with van der Waals surface area (Å²) in [6.07, 6.45) is 0.698. The molecule has 2 N–H and O–H groups in total. The summed E-state index contributed by atoms with van der Waals surface area (Å²) >= 11 is 0. The molecule has 0 radical (unpaired) electrons. The fourth-order valence-corrected chi connectivity index (χ4v) is 1.69. The van der Waals surface area contributed by atoms with E-state index in [1.807, 2.05) is 42.5 Å². The van der Waals surface area contributed by atoms with Gasteiger partial charge in [-0.05, 0) is 17.2 Å². The molecular formula is C13H13BO3. The highest BCUT2D eigenvalue weighted by Crippen LogP contribution is 2.21. The third kappa shape index (κ3) is 3.34. The summed E-state index contributed by atoms with van der Waals surface area (Å²) in [5, 5.41) is 17.7. The Kier molecular flexibility index (Phi) is 3.80.